The molecule has 1 aliphatic rings. The van der Waals surface area contributed by atoms with Crippen molar-refractivity contribution in [3.8, 4) is 0 Å². The van der Waals surface area contributed by atoms with E-state index >= 15 is 0 Å². The maximum absolute atomic E-state index is 4.22. The number of hydrogen-bond acceptors (Lipinski definition) is 5. The van der Waals surface area contributed by atoms with Gasteiger partial charge >= 0.3 is 0 Å². The second kappa shape index (κ2) is 9.30. The third-order valence-electron chi connectivity index (χ3n) is 2.57. The second-order valence-corrected chi connectivity index (χ2v) is 3.89. The normalized spacial score (nSPS) is 16.6. The van der Waals surface area contributed by atoms with Crippen LogP contribution < -0.4 is 5.32 Å². The average molecular weight is 226 g/mol. The lowest BCUT2D eigenvalue weighted by Gasteiger charge is -2.26. The summed E-state index contributed by atoms with van der Waals surface area (Å²) in [6.07, 6.45) is 6.99. The number of hydrogen-bond donors (Lipinski definition) is 1. The molecule has 1 fully saturated rings. The summed E-state index contributed by atoms with van der Waals surface area (Å²) in [6, 6.07) is 0. The Morgan fingerprint density at radius 3 is 2.62 bits per heavy atom. The largest absolute Gasteiger partial charge is 0.346 e. The molecule has 1 saturated heterocycles. The van der Waals surface area contributed by atoms with E-state index in [9.17, 15) is 0 Å². The monoisotopic (exact) mass is 226 g/mol. The molecule has 16 heavy (non-hydrogen) atoms. The molecular weight excluding hydrogens is 204 g/mol. The molecule has 1 aromatic heterocycles. The molecule has 2 heterocycles. The molecule has 5 nitrogen and oxygen atoms in total. The summed E-state index contributed by atoms with van der Waals surface area (Å²) in [5.41, 5.74) is 0. The van der Waals surface area contributed by atoms with E-state index in [0.717, 1.165) is 0 Å². The van der Waals surface area contributed by atoms with Crippen molar-refractivity contribution in [2.24, 2.45) is 0 Å². The Morgan fingerprint density at radius 2 is 2.12 bits per heavy atom. The van der Waals surface area contributed by atoms with E-state index in [1.807, 2.05) is 0 Å². The minimum Gasteiger partial charge on any atom is -0.346 e. The Morgan fingerprint density at radius 1 is 1.31 bits per heavy atom. The van der Waals surface area contributed by atoms with Crippen LogP contribution in [0.2, 0.25) is 0 Å². The van der Waals surface area contributed by atoms with Crippen LogP contribution in [0.1, 0.15) is 26.2 Å². The molecule has 0 bridgehead atoms. The molecule has 1 aromatic rings. The van der Waals surface area contributed by atoms with Crippen LogP contribution in [0.25, 0.3) is 0 Å². The molecule has 92 valence electrons. The third-order valence-corrected chi connectivity index (χ3v) is 2.57. The predicted octanol–water partition coefficient (Wildman–Crippen LogP) is 1.15. The number of piperazine rings is 1. The molecule has 1 N–H and O–H groups in total. The van der Waals surface area contributed by atoms with Crippen molar-refractivity contribution in [3.05, 3.63) is 12.5 Å². The molecule has 1 aliphatic heterocycles. The van der Waals surface area contributed by atoms with E-state index in [-0.39, 0.29) is 0 Å². The lowest BCUT2D eigenvalue weighted by molar-refractivity contribution is 0.236. The maximum Gasteiger partial charge on any atom is 0.144 e. The molecule has 0 saturated carbocycles. The standard InChI is InChI=1S/C9H20N2.C2H2N2O/c1-2-3-4-7-11-8-5-10-6-9-11;1-2-5-4-3-1/h10H,2-9H2,1H3;1-2H. The lowest BCUT2D eigenvalue weighted by atomic mass is 10.2. The van der Waals surface area contributed by atoms with E-state index in [2.05, 4.69) is 32.0 Å². The zero-order valence-electron chi connectivity index (χ0n) is 10.1. The summed E-state index contributed by atoms with van der Waals surface area (Å²) in [5, 5.41) is 9.77. The molecule has 0 aliphatic carbocycles. The minimum atomic E-state index is 1.19. The van der Waals surface area contributed by atoms with Crippen molar-refractivity contribution >= 4 is 0 Å². The molecule has 0 radical (unpaired) electrons. The van der Waals surface area contributed by atoms with Gasteiger partial charge in [-0.25, -0.2) is 0 Å². The zero-order chi connectivity index (χ0) is 11.5. The van der Waals surface area contributed by atoms with Gasteiger partial charge < -0.3 is 14.7 Å². The SMILES string of the molecule is CCCCCN1CCNCC1.c1conn1. The van der Waals surface area contributed by atoms with Gasteiger partial charge in [0.15, 0.2) is 0 Å². The molecular formula is C11H22N4O. The van der Waals surface area contributed by atoms with Crippen LogP contribution in [0.15, 0.2) is 17.0 Å². The first-order valence-electron chi connectivity index (χ1n) is 6.07. The fourth-order valence-electron chi connectivity index (χ4n) is 1.66. The quantitative estimate of drug-likeness (QED) is 0.781. The van der Waals surface area contributed by atoms with Crippen LogP contribution in [-0.4, -0.2) is 48.0 Å². The van der Waals surface area contributed by atoms with Gasteiger partial charge in [-0.3, -0.25) is 0 Å². The molecule has 0 amide bonds. The first-order chi connectivity index (χ1) is 7.93. The maximum atomic E-state index is 4.22. The minimum absolute atomic E-state index is 1.19. The van der Waals surface area contributed by atoms with Gasteiger partial charge in [0.25, 0.3) is 0 Å². The molecule has 0 atom stereocenters. The molecule has 2 rings (SSSR count). The molecule has 0 unspecified atom stereocenters. The number of unbranched alkanes of at least 4 members (excludes halogenated alkanes) is 2. The summed E-state index contributed by atoms with van der Waals surface area (Å²) < 4.78 is 4.22. The fraction of sp³-hybridized carbons (Fsp3) is 0.818. The van der Waals surface area contributed by atoms with Gasteiger partial charge in [-0.2, -0.15) is 0 Å². The van der Waals surface area contributed by atoms with Gasteiger partial charge in [0.05, 0.1) is 6.20 Å². The van der Waals surface area contributed by atoms with Crippen LogP contribution in [0.4, 0.5) is 0 Å². The fourth-order valence-corrected chi connectivity index (χ4v) is 1.66. The first-order valence-corrected chi connectivity index (χ1v) is 6.07. The van der Waals surface area contributed by atoms with Gasteiger partial charge in [0.2, 0.25) is 0 Å². The van der Waals surface area contributed by atoms with Crippen LogP contribution in [0, 0.1) is 0 Å². The van der Waals surface area contributed by atoms with Gasteiger partial charge in [0, 0.05) is 31.5 Å². The van der Waals surface area contributed by atoms with E-state index < -0.39 is 0 Å². The summed E-state index contributed by atoms with van der Waals surface area (Å²) in [5.74, 6) is 0. The Kier molecular flexibility index (Phi) is 7.63. The summed E-state index contributed by atoms with van der Waals surface area (Å²) in [4.78, 5) is 2.56. The van der Waals surface area contributed by atoms with E-state index in [1.165, 1.54) is 64.4 Å². The number of rotatable bonds is 4. The topological polar surface area (TPSA) is 54.2 Å². The average Bonchev–Trinajstić information content (AvgIpc) is 2.90. The number of aromatic nitrogens is 2. The summed E-state index contributed by atoms with van der Waals surface area (Å²) >= 11 is 0. The van der Waals surface area contributed by atoms with E-state index in [0.29, 0.717) is 0 Å². The lowest BCUT2D eigenvalue weighted by Crippen LogP contribution is -2.43. The highest BCUT2D eigenvalue weighted by atomic mass is 16.5. The van der Waals surface area contributed by atoms with Crippen molar-refractivity contribution in [3.63, 3.8) is 0 Å². The summed E-state index contributed by atoms with van der Waals surface area (Å²) in [7, 11) is 0. The summed E-state index contributed by atoms with van der Waals surface area (Å²) in [6.45, 7) is 8.46. The van der Waals surface area contributed by atoms with Crippen LogP contribution in [-0.2, 0) is 0 Å². The highest BCUT2D eigenvalue weighted by Gasteiger charge is 2.07. The Bertz CT molecular complexity index is 205. The first kappa shape index (κ1) is 13.1. The second-order valence-electron chi connectivity index (χ2n) is 3.89. The van der Waals surface area contributed by atoms with Crippen molar-refractivity contribution < 1.29 is 4.52 Å². The van der Waals surface area contributed by atoms with Crippen LogP contribution >= 0.6 is 0 Å². The van der Waals surface area contributed by atoms with Gasteiger partial charge in [0.1, 0.15) is 6.26 Å². The zero-order valence-corrected chi connectivity index (χ0v) is 10.1. The molecule has 0 aromatic carbocycles. The smallest absolute Gasteiger partial charge is 0.144 e. The van der Waals surface area contributed by atoms with Crippen LogP contribution in [0.3, 0.4) is 0 Å². The highest BCUT2D eigenvalue weighted by Crippen LogP contribution is 1.98. The molecule has 5 heteroatoms. The van der Waals surface area contributed by atoms with Gasteiger partial charge in [-0.05, 0) is 13.0 Å². The highest BCUT2D eigenvalue weighted by molar-refractivity contribution is 4.66. The predicted molar refractivity (Wildman–Crippen MR) is 63.1 cm³/mol. The Labute approximate surface area is 97.2 Å². The van der Waals surface area contributed by atoms with Crippen molar-refractivity contribution in [2.75, 3.05) is 32.7 Å². The van der Waals surface area contributed by atoms with Crippen LogP contribution in [0.5, 0.6) is 0 Å². The number of nitrogens with one attached hydrogen (secondary N) is 1. The number of nitrogens with zero attached hydrogens (tertiary/aromatic N) is 3. The molecule has 0 spiro atoms. The van der Waals surface area contributed by atoms with E-state index in [1.54, 1.807) is 0 Å². The van der Waals surface area contributed by atoms with E-state index in [4.69, 9.17) is 0 Å². The van der Waals surface area contributed by atoms with Crippen molar-refractivity contribution in [2.45, 2.75) is 26.2 Å². The van der Waals surface area contributed by atoms with Gasteiger partial charge in [-0.15, -0.1) is 5.10 Å². The Balaban J connectivity index is 0.000000212. The van der Waals surface area contributed by atoms with Gasteiger partial charge in [-0.1, -0.05) is 19.8 Å². The third kappa shape index (κ3) is 6.53. The Hall–Kier alpha value is -0.940. The van der Waals surface area contributed by atoms with Crippen molar-refractivity contribution in [1.29, 1.82) is 0 Å². The van der Waals surface area contributed by atoms with Crippen molar-refractivity contribution in [1.82, 2.24) is 20.6 Å².